The molecule has 1 amide bonds. The summed E-state index contributed by atoms with van der Waals surface area (Å²) in [7, 11) is 0. The molecular formula is C16H13N3OS. The van der Waals surface area contributed by atoms with Gasteiger partial charge < -0.3 is 10.0 Å². The van der Waals surface area contributed by atoms with Gasteiger partial charge in [0.2, 0.25) is 0 Å². The highest BCUT2D eigenvalue weighted by molar-refractivity contribution is 7.98. The van der Waals surface area contributed by atoms with Crippen LogP contribution in [0.1, 0.15) is 0 Å². The van der Waals surface area contributed by atoms with E-state index in [1.165, 1.54) is 11.9 Å². The maximum atomic E-state index is 12.2. The van der Waals surface area contributed by atoms with E-state index in [4.69, 9.17) is 0 Å². The van der Waals surface area contributed by atoms with E-state index in [-0.39, 0.29) is 5.91 Å². The van der Waals surface area contributed by atoms with Crippen molar-refractivity contribution in [1.29, 1.82) is 0 Å². The van der Waals surface area contributed by atoms with Crippen LogP contribution < -0.4 is 10.0 Å². The van der Waals surface area contributed by atoms with E-state index >= 15 is 0 Å². The van der Waals surface area contributed by atoms with Gasteiger partial charge in [0.1, 0.15) is 5.84 Å². The summed E-state index contributed by atoms with van der Waals surface area (Å²) in [6, 6.07) is 17.0. The van der Waals surface area contributed by atoms with E-state index in [1.807, 2.05) is 54.6 Å². The first-order chi connectivity index (χ1) is 10.2. The number of anilines is 1. The van der Waals surface area contributed by atoms with Crippen molar-refractivity contribution in [2.24, 2.45) is 4.99 Å². The molecule has 0 aliphatic carbocycles. The molecule has 4 nitrogen and oxygen atoms in total. The Morgan fingerprint density at radius 2 is 1.81 bits per heavy atom. The Morgan fingerprint density at radius 3 is 2.62 bits per heavy atom. The number of benzene rings is 2. The summed E-state index contributed by atoms with van der Waals surface area (Å²) >= 11 is 1.43. The summed E-state index contributed by atoms with van der Waals surface area (Å²) in [6.45, 7) is 3.83. The molecule has 0 bridgehead atoms. The van der Waals surface area contributed by atoms with Crippen molar-refractivity contribution in [1.82, 2.24) is 4.72 Å². The number of hydrogen-bond donors (Lipinski definition) is 2. The zero-order chi connectivity index (χ0) is 14.7. The van der Waals surface area contributed by atoms with Crippen molar-refractivity contribution < 1.29 is 4.79 Å². The van der Waals surface area contributed by atoms with Gasteiger partial charge in [0.15, 0.2) is 0 Å². The SMILES string of the molecule is C=C(C(=O)Nc1ccccc1)C1=Nc2ccccc2SN1. The van der Waals surface area contributed by atoms with Crippen LogP contribution in [-0.2, 0) is 4.79 Å². The van der Waals surface area contributed by atoms with Crippen molar-refractivity contribution in [3.63, 3.8) is 0 Å². The molecule has 3 rings (SSSR count). The Kier molecular flexibility index (Phi) is 3.75. The maximum Gasteiger partial charge on any atom is 0.258 e. The fraction of sp³-hybridized carbons (Fsp3) is 0. The summed E-state index contributed by atoms with van der Waals surface area (Å²) in [5.74, 6) is 0.208. The van der Waals surface area contributed by atoms with Crippen LogP contribution in [0.5, 0.6) is 0 Å². The zero-order valence-electron chi connectivity index (χ0n) is 11.2. The molecule has 1 heterocycles. The highest BCUT2D eigenvalue weighted by atomic mass is 32.2. The lowest BCUT2D eigenvalue weighted by atomic mass is 10.2. The predicted octanol–water partition coefficient (Wildman–Crippen LogP) is 3.52. The van der Waals surface area contributed by atoms with Crippen molar-refractivity contribution in [3.05, 3.63) is 66.7 Å². The number of nitrogens with zero attached hydrogens (tertiary/aromatic N) is 1. The monoisotopic (exact) mass is 295 g/mol. The molecule has 0 unspecified atom stereocenters. The Labute approximate surface area is 127 Å². The number of carbonyl (C=O) groups excluding carboxylic acids is 1. The number of nitrogens with one attached hydrogen (secondary N) is 2. The number of amidine groups is 1. The number of hydrogen-bond acceptors (Lipinski definition) is 4. The van der Waals surface area contributed by atoms with Gasteiger partial charge in [-0.05, 0) is 36.2 Å². The molecule has 2 aromatic carbocycles. The number of carbonyl (C=O) groups is 1. The Hall–Kier alpha value is -2.53. The second kappa shape index (κ2) is 5.85. The predicted molar refractivity (Wildman–Crippen MR) is 86.7 cm³/mol. The Bertz CT molecular complexity index is 725. The molecule has 0 aromatic heterocycles. The summed E-state index contributed by atoms with van der Waals surface area (Å²) < 4.78 is 3.05. The van der Waals surface area contributed by atoms with Crippen molar-refractivity contribution in [2.75, 3.05) is 5.32 Å². The maximum absolute atomic E-state index is 12.2. The minimum absolute atomic E-state index is 0.271. The molecule has 0 saturated carbocycles. The molecule has 1 aliphatic rings. The molecule has 0 fully saturated rings. The fourth-order valence-corrected chi connectivity index (χ4v) is 2.59. The minimum Gasteiger partial charge on any atom is -0.322 e. The van der Waals surface area contributed by atoms with Gasteiger partial charge in [-0.2, -0.15) is 0 Å². The van der Waals surface area contributed by atoms with Gasteiger partial charge >= 0.3 is 0 Å². The smallest absolute Gasteiger partial charge is 0.258 e. The third kappa shape index (κ3) is 2.98. The van der Waals surface area contributed by atoms with Gasteiger partial charge in [-0.25, -0.2) is 4.99 Å². The van der Waals surface area contributed by atoms with Gasteiger partial charge in [-0.1, -0.05) is 36.9 Å². The standard InChI is InChI=1S/C16H13N3OS/c1-11(16(20)17-12-7-3-2-4-8-12)15-18-13-9-5-6-10-14(13)21-19-15/h2-10H,1H2,(H,17,20)(H,18,19). The third-order valence-corrected chi connectivity index (χ3v) is 3.81. The van der Waals surface area contributed by atoms with E-state index < -0.39 is 0 Å². The van der Waals surface area contributed by atoms with E-state index in [2.05, 4.69) is 21.6 Å². The molecule has 1 aliphatic heterocycles. The lowest BCUT2D eigenvalue weighted by Gasteiger charge is -2.17. The van der Waals surface area contributed by atoms with Crippen LogP contribution in [0.25, 0.3) is 0 Å². The average Bonchev–Trinajstić information content (AvgIpc) is 2.54. The third-order valence-electron chi connectivity index (χ3n) is 2.95. The first-order valence-electron chi connectivity index (χ1n) is 6.40. The van der Waals surface area contributed by atoms with Crippen molar-refractivity contribution in [3.8, 4) is 0 Å². The van der Waals surface area contributed by atoms with Gasteiger partial charge in [0.05, 0.1) is 16.2 Å². The van der Waals surface area contributed by atoms with E-state index in [9.17, 15) is 4.79 Å². The van der Waals surface area contributed by atoms with Crippen LogP contribution >= 0.6 is 11.9 Å². The van der Waals surface area contributed by atoms with E-state index in [0.29, 0.717) is 11.4 Å². The van der Waals surface area contributed by atoms with Crippen molar-refractivity contribution >= 4 is 35.1 Å². The molecule has 5 heteroatoms. The second-order valence-electron chi connectivity index (χ2n) is 4.43. The zero-order valence-corrected chi connectivity index (χ0v) is 12.0. The molecule has 0 atom stereocenters. The molecule has 0 saturated heterocycles. The van der Waals surface area contributed by atoms with Gasteiger partial charge in [0, 0.05) is 5.69 Å². The normalized spacial score (nSPS) is 12.7. The number of amides is 1. The largest absolute Gasteiger partial charge is 0.322 e. The van der Waals surface area contributed by atoms with Crippen molar-refractivity contribution in [2.45, 2.75) is 4.90 Å². The summed E-state index contributed by atoms with van der Waals surface area (Å²) in [5, 5.41) is 2.79. The van der Waals surface area contributed by atoms with Gasteiger partial charge in [0.25, 0.3) is 5.91 Å². The van der Waals surface area contributed by atoms with Crippen LogP contribution in [0.2, 0.25) is 0 Å². The van der Waals surface area contributed by atoms with Crippen LogP contribution in [0, 0.1) is 0 Å². The quantitative estimate of drug-likeness (QED) is 0.673. The lowest BCUT2D eigenvalue weighted by molar-refractivity contribution is -0.112. The molecule has 21 heavy (non-hydrogen) atoms. The first kappa shape index (κ1) is 13.5. The van der Waals surface area contributed by atoms with Crippen LogP contribution in [0.15, 0.2) is 76.6 Å². The highest BCUT2D eigenvalue weighted by Crippen LogP contribution is 2.31. The molecule has 2 aromatic rings. The summed E-state index contributed by atoms with van der Waals surface area (Å²) in [5.41, 5.74) is 1.87. The number of fused-ring (bicyclic) bond motifs is 1. The highest BCUT2D eigenvalue weighted by Gasteiger charge is 2.18. The number of aliphatic imine (C=N–C) groups is 1. The summed E-state index contributed by atoms with van der Waals surface area (Å²) in [6.07, 6.45) is 0. The average molecular weight is 295 g/mol. The van der Waals surface area contributed by atoms with Gasteiger partial charge in [-0.3, -0.25) is 4.79 Å². The molecule has 2 N–H and O–H groups in total. The van der Waals surface area contributed by atoms with E-state index in [0.717, 1.165) is 16.3 Å². The molecule has 0 radical (unpaired) electrons. The van der Waals surface area contributed by atoms with E-state index in [1.54, 1.807) is 0 Å². The molecule has 0 spiro atoms. The van der Waals surface area contributed by atoms with Gasteiger partial charge in [-0.15, -0.1) is 0 Å². The Morgan fingerprint density at radius 1 is 1.10 bits per heavy atom. The minimum atomic E-state index is -0.271. The second-order valence-corrected chi connectivity index (χ2v) is 5.28. The van der Waals surface area contributed by atoms with Crippen LogP contribution in [0.3, 0.4) is 0 Å². The number of para-hydroxylation sites is 2. The topological polar surface area (TPSA) is 53.5 Å². The first-order valence-corrected chi connectivity index (χ1v) is 7.22. The Balaban J connectivity index is 1.77. The fourth-order valence-electron chi connectivity index (χ4n) is 1.85. The number of rotatable bonds is 3. The molecular weight excluding hydrogens is 282 g/mol. The van der Waals surface area contributed by atoms with Crippen LogP contribution in [-0.4, -0.2) is 11.7 Å². The summed E-state index contributed by atoms with van der Waals surface area (Å²) in [4.78, 5) is 17.6. The molecule has 104 valence electrons. The lowest BCUT2D eigenvalue weighted by Crippen LogP contribution is -2.28. The van der Waals surface area contributed by atoms with Crippen LogP contribution in [0.4, 0.5) is 11.4 Å².